The van der Waals surface area contributed by atoms with E-state index in [1.54, 1.807) is 13.2 Å². The first-order valence-electron chi connectivity index (χ1n) is 7.81. The van der Waals surface area contributed by atoms with E-state index in [9.17, 15) is 4.79 Å². The summed E-state index contributed by atoms with van der Waals surface area (Å²) in [5.41, 5.74) is 3.28. The topological polar surface area (TPSA) is 38.3 Å². The number of nitrogens with one attached hydrogen (secondary N) is 1. The first kappa shape index (κ1) is 16.8. The minimum Gasteiger partial charge on any atom is -0.497 e. The molecule has 0 saturated heterocycles. The van der Waals surface area contributed by atoms with Crippen LogP contribution < -0.4 is 10.1 Å². The third kappa shape index (κ3) is 4.99. The number of carbonyl (C=O) groups is 1. The van der Waals surface area contributed by atoms with Gasteiger partial charge in [0.25, 0.3) is 0 Å². The second-order valence-corrected chi connectivity index (χ2v) is 5.49. The first-order chi connectivity index (χ1) is 11.1. The SMILES string of the molecule is CCC(NC(=O)/C=C/c1cccc(C)c1)c1ccc(OC)cc1. The lowest BCUT2D eigenvalue weighted by Gasteiger charge is -2.16. The molecule has 23 heavy (non-hydrogen) atoms. The lowest BCUT2D eigenvalue weighted by molar-refractivity contribution is -0.117. The number of rotatable bonds is 6. The van der Waals surface area contributed by atoms with Crippen molar-refractivity contribution in [1.82, 2.24) is 5.32 Å². The Labute approximate surface area is 138 Å². The van der Waals surface area contributed by atoms with E-state index < -0.39 is 0 Å². The highest BCUT2D eigenvalue weighted by atomic mass is 16.5. The Kier molecular flexibility index (Phi) is 5.98. The minimum absolute atomic E-state index is 0.00411. The summed E-state index contributed by atoms with van der Waals surface area (Å²) < 4.78 is 5.16. The van der Waals surface area contributed by atoms with E-state index in [0.717, 1.165) is 23.3 Å². The van der Waals surface area contributed by atoms with E-state index in [0.29, 0.717) is 0 Å². The number of hydrogen-bond donors (Lipinski definition) is 1. The molecular formula is C20H23NO2. The highest BCUT2D eigenvalue weighted by molar-refractivity contribution is 5.92. The zero-order valence-corrected chi connectivity index (χ0v) is 13.9. The lowest BCUT2D eigenvalue weighted by Crippen LogP contribution is -2.26. The van der Waals surface area contributed by atoms with Crippen molar-refractivity contribution in [2.45, 2.75) is 26.3 Å². The number of carbonyl (C=O) groups excluding carboxylic acids is 1. The predicted octanol–water partition coefficient (Wildman–Crippen LogP) is 4.28. The Balaban J connectivity index is 2.01. The summed E-state index contributed by atoms with van der Waals surface area (Å²) >= 11 is 0. The molecule has 1 N–H and O–H groups in total. The van der Waals surface area contributed by atoms with Gasteiger partial charge in [0.05, 0.1) is 13.2 Å². The van der Waals surface area contributed by atoms with Gasteiger partial charge >= 0.3 is 0 Å². The quantitative estimate of drug-likeness (QED) is 0.809. The van der Waals surface area contributed by atoms with Crippen molar-refractivity contribution in [2.75, 3.05) is 7.11 Å². The molecule has 0 fully saturated rings. The van der Waals surface area contributed by atoms with Crippen LogP contribution in [0.5, 0.6) is 5.75 Å². The molecule has 2 aromatic carbocycles. The third-order valence-electron chi connectivity index (χ3n) is 3.71. The maximum Gasteiger partial charge on any atom is 0.244 e. The van der Waals surface area contributed by atoms with Gasteiger partial charge in [-0.2, -0.15) is 0 Å². The molecule has 0 aromatic heterocycles. The van der Waals surface area contributed by atoms with Crippen molar-refractivity contribution in [3.8, 4) is 5.75 Å². The van der Waals surface area contributed by atoms with Gasteiger partial charge in [-0.15, -0.1) is 0 Å². The summed E-state index contributed by atoms with van der Waals surface area (Å²) in [6.45, 7) is 4.09. The maximum absolute atomic E-state index is 12.1. The van der Waals surface area contributed by atoms with Gasteiger partial charge in [-0.1, -0.05) is 48.9 Å². The number of hydrogen-bond acceptors (Lipinski definition) is 2. The monoisotopic (exact) mass is 309 g/mol. The smallest absolute Gasteiger partial charge is 0.244 e. The van der Waals surface area contributed by atoms with E-state index in [-0.39, 0.29) is 11.9 Å². The van der Waals surface area contributed by atoms with Gasteiger partial charge in [-0.05, 0) is 42.7 Å². The number of amides is 1. The molecule has 0 spiro atoms. The van der Waals surface area contributed by atoms with Gasteiger partial charge in [-0.25, -0.2) is 0 Å². The Morgan fingerprint density at radius 1 is 1.22 bits per heavy atom. The van der Waals surface area contributed by atoms with E-state index in [2.05, 4.69) is 12.2 Å². The van der Waals surface area contributed by atoms with Crippen LogP contribution in [0.1, 0.15) is 36.1 Å². The van der Waals surface area contributed by atoms with Crippen molar-refractivity contribution in [1.29, 1.82) is 0 Å². The van der Waals surface area contributed by atoms with E-state index >= 15 is 0 Å². The van der Waals surface area contributed by atoms with Gasteiger partial charge in [0.1, 0.15) is 5.75 Å². The second kappa shape index (κ2) is 8.18. The summed E-state index contributed by atoms with van der Waals surface area (Å²) in [5.74, 6) is 0.725. The number of methoxy groups -OCH3 is 1. The fourth-order valence-corrected chi connectivity index (χ4v) is 2.42. The summed E-state index contributed by atoms with van der Waals surface area (Å²) in [6.07, 6.45) is 4.25. The van der Waals surface area contributed by atoms with Crippen LogP contribution in [0.3, 0.4) is 0 Å². The van der Waals surface area contributed by atoms with Gasteiger partial charge in [0.2, 0.25) is 5.91 Å². The summed E-state index contributed by atoms with van der Waals surface area (Å²) in [4.78, 5) is 12.1. The van der Waals surface area contributed by atoms with Crippen LogP contribution in [0.2, 0.25) is 0 Å². The van der Waals surface area contributed by atoms with E-state index in [4.69, 9.17) is 4.74 Å². The number of ether oxygens (including phenoxy) is 1. The fraction of sp³-hybridized carbons (Fsp3) is 0.250. The van der Waals surface area contributed by atoms with Crippen LogP contribution >= 0.6 is 0 Å². The van der Waals surface area contributed by atoms with Crippen LogP contribution in [0.15, 0.2) is 54.6 Å². The molecule has 0 aliphatic carbocycles. The zero-order valence-electron chi connectivity index (χ0n) is 13.9. The Bertz CT molecular complexity index is 674. The Hall–Kier alpha value is -2.55. The number of benzene rings is 2. The molecule has 1 atom stereocenters. The molecule has 1 unspecified atom stereocenters. The molecule has 3 nitrogen and oxygen atoms in total. The van der Waals surface area contributed by atoms with E-state index in [1.807, 2.05) is 61.5 Å². The standard InChI is InChI=1S/C20H23NO2/c1-4-19(17-9-11-18(23-3)12-10-17)21-20(22)13-8-16-7-5-6-15(2)14-16/h5-14,19H,4H2,1-3H3,(H,21,22)/b13-8+. The van der Waals surface area contributed by atoms with Crippen molar-refractivity contribution >= 4 is 12.0 Å². The van der Waals surface area contributed by atoms with Crippen LogP contribution in [0, 0.1) is 6.92 Å². The summed E-state index contributed by atoms with van der Waals surface area (Å²) in [6, 6.07) is 15.8. The molecule has 120 valence electrons. The fourth-order valence-electron chi connectivity index (χ4n) is 2.42. The molecule has 0 aliphatic heterocycles. The second-order valence-electron chi connectivity index (χ2n) is 5.49. The van der Waals surface area contributed by atoms with Gasteiger partial charge in [-0.3, -0.25) is 4.79 Å². The zero-order chi connectivity index (χ0) is 16.7. The average molecular weight is 309 g/mol. The van der Waals surface area contributed by atoms with Crippen molar-refractivity contribution in [2.24, 2.45) is 0 Å². The van der Waals surface area contributed by atoms with Crippen molar-refractivity contribution < 1.29 is 9.53 Å². The molecule has 3 heteroatoms. The molecule has 1 amide bonds. The van der Waals surface area contributed by atoms with Crippen molar-refractivity contribution in [3.05, 3.63) is 71.3 Å². The minimum atomic E-state index is -0.0887. The summed E-state index contributed by atoms with van der Waals surface area (Å²) in [5, 5.41) is 3.04. The molecular weight excluding hydrogens is 286 g/mol. The normalized spacial score (nSPS) is 12.1. The summed E-state index contributed by atoms with van der Waals surface area (Å²) in [7, 11) is 1.64. The molecule has 2 rings (SSSR count). The average Bonchev–Trinajstić information content (AvgIpc) is 2.58. The first-order valence-corrected chi connectivity index (χ1v) is 7.81. The molecule has 0 aliphatic rings. The third-order valence-corrected chi connectivity index (χ3v) is 3.71. The largest absolute Gasteiger partial charge is 0.497 e. The Morgan fingerprint density at radius 3 is 2.57 bits per heavy atom. The van der Waals surface area contributed by atoms with E-state index in [1.165, 1.54) is 5.56 Å². The predicted molar refractivity (Wildman–Crippen MR) is 94.4 cm³/mol. The maximum atomic E-state index is 12.1. The molecule has 0 heterocycles. The van der Waals surface area contributed by atoms with Gasteiger partial charge in [0.15, 0.2) is 0 Å². The molecule has 0 radical (unpaired) electrons. The Morgan fingerprint density at radius 2 is 1.96 bits per heavy atom. The van der Waals surface area contributed by atoms with Crippen LogP contribution in [0.25, 0.3) is 6.08 Å². The van der Waals surface area contributed by atoms with Crippen LogP contribution in [-0.4, -0.2) is 13.0 Å². The van der Waals surface area contributed by atoms with Crippen LogP contribution in [-0.2, 0) is 4.79 Å². The highest BCUT2D eigenvalue weighted by Gasteiger charge is 2.11. The van der Waals surface area contributed by atoms with Gasteiger partial charge < -0.3 is 10.1 Å². The lowest BCUT2D eigenvalue weighted by atomic mass is 10.0. The van der Waals surface area contributed by atoms with Gasteiger partial charge in [0, 0.05) is 6.08 Å². The number of aryl methyl sites for hydroxylation is 1. The molecule has 0 bridgehead atoms. The molecule has 2 aromatic rings. The molecule has 0 saturated carbocycles. The highest BCUT2D eigenvalue weighted by Crippen LogP contribution is 2.20. The van der Waals surface area contributed by atoms with Crippen molar-refractivity contribution in [3.63, 3.8) is 0 Å². The van der Waals surface area contributed by atoms with Crippen LogP contribution in [0.4, 0.5) is 0 Å².